The van der Waals surface area contributed by atoms with Crippen LogP contribution < -0.4 is 5.32 Å². The summed E-state index contributed by atoms with van der Waals surface area (Å²) in [6, 6.07) is 15.3. The molecule has 0 aliphatic carbocycles. The molecule has 0 fully saturated rings. The Bertz CT molecular complexity index is 701. The molecule has 0 bridgehead atoms. The van der Waals surface area contributed by atoms with Crippen molar-refractivity contribution in [1.29, 1.82) is 0 Å². The highest BCUT2D eigenvalue weighted by Gasteiger charge is 2.21. The van der Waals surface area contributed by atoms with Crippen molar-refractivity contribution in [2.75, 3.05) is 11.9 Å². The molecule has 0 spiro atoms. The summed E-state index contributed by atoms with van der Waals surface area (Å²) < 4.78 is 1.09. The lowest BCUT2D eigenvalue weighted by Gasteiger charge is -2.20. The first kappa shape index (κ1) is 17.5. The largest absolute Gasteiger partial charge is 0.330 e. The highest BCUT2D eigenvalue weighted by molar-refractivity contribution is 14.1. The first-order valence-electron chi connectivity index (χ1n) is 7.41. The normalized spacial score (nSPS) is 10.2. The zero-order chi connectivity index (χ0) is 16.8. The molecule has 2 aromatic carbocycles. The van der Waals surface area contributed by atoms with Gasteiger partial charge in [-0.1, -0.05) is 30.3 Å². The van der Waals surface area contributed by atoms with Crippen LogP contribution in [0.3, 0.4) is 0 Å². The number of amides is 2. The van der Waals surface area contributed by atoms with Gasteiger partial charge < -0.3 is 10.2 Å². The Morgan fingerprint density at radius 3 is 2.43 bits per heavy atom. The number of carbonyl (C=O) groups is 2. The van der Waals surface area contributed by atoms with Crippen molar-refractivity contribution in [3.05, 3.63) is 63.2 Å². The fraction of sp³-hybridized carbons (Fsp3) is 0.222. The van der Waals surface area contributed by atoms with Gasteiger partial charge in [0.25, 0.3) is 0 Å². The second-order valence-electron chi connectivity index (χ2n) is 5.22. The predicted molar refractivity (Wildman–Crippen MR) is 100 cm³/mol. The van der Waals surface area contributed by atoms with Gasteiger partial charge in [0.2, 0.25) is 0 Å². The Labute approximate surface area is 150 Å². The smallest absolute Gasteiger partial charge is 0.313 e. The monoisotopic (exact) mass is 422 g/mol. The third-order valence-electron chi connectivity index (χ3n) is 3.52. The van der Waals surface area contributed by atoms with Gasteiger partial charge in [0.1, 0.15) is 0 Å². The van der Waals surface area contributed by atoms with Crippen LogP contribution in [0.15, 0.2) is 48.5 Å². The fourth-order valence-electron chi connectivity index (χ4n) is 2.22. The van der Waals surface area contributed by atoms with Crippen LogP contribution in [0.4, 0.5) is 5.69 Å². The zero-order valence-electron chi connectivity index (χ0n) is 13.2. The maximum Gasteiger partial charge on any atom is 0.313 e. The van der Waals surface area contributed by atoms with E-state index < -0.39 is 11.8 Å². The van der Waals surface area contributed by atoms with Gasteiger partial charge >= 0.3 is 11.8 Å². The van der Waals surface area contributed by atoms with E-state index in [2.05, 4.69) is 27.9 Å². The Hall–Kier alpha value is -1.89. The molecular formula is C18H19IN2O2. The number of benzene rings is 2. The van der Waals surface area contributed by atoms with E-state index in [1.54, 1.807) is 0 Å². The van der Waals surface area contributed by atoms with Crippen molar-refractivity contribution >= 4 is 40.1 Å². The number of likely N-dealkylation sites (N-methyl/N-ethyl adjacent to an activating group) is 1. The molecule has 5 heteroatoms. The molecule has 0 saturated carbocycles. The minimum absolute atomic E-state index is 0.426. The molecule has 0 unspecified atom stereocenters. The molecule has 0 heterocycles. The van der Waals surface area contributed by atoms with Crippen LogP contribution in [0.25, 0.3) is 0 Å². The van der Waals surface area contributed by atoms with Crippen molar-refractivity contribution in [3.63, 3.8) is 0 Å². The molecule has 2 amide bonds. The highest BCUT2D eigenvalue weighted by atomic mass is 127. The van der Waals surface area contributed by atoms with E-state index in [9.17, 15) is 9.59 Å². The summed E-state index contributed by atoms with van der Waals surface area (Å²) >= 11 is 2.21. The van der Waals surface area contributed by atoms with Gasteiger partial charge in [-0.15, -0.1) is 0 Å². The van der Waals surface area contributed by atoms with Crippen molar-refractivity contribution in [3.8, 4) is 0 Å². The van der Waals surface area contributed by atoms with Crippen LogP contribution in [-0.4, -0.2) is 23.3 Å². The van der Waals surface area contributed by atoms with E-state index in [0.717, 1.165) is 14.7 Å². The molecule has 0 aliphatic rings. The molecular weight excluding hydrogens is 403 g/mol. The number of halogens is 1. The van der Waals surface area contributed by atoms with Gasteiger partial charge in [-0.3, -0.25) is 9.59 Å². The molecule has 4 nitrogen and oxygen atoms in total. The second kappa shape index (κ2) is 8.10. The first-order valence-corrected chi connectivity index (χ1v) is 8.49. The van der Waals surface area contributed by atoms with Gasteiger partial charge in [0.15, 0.2) is 0 Å². The standard InChI is InChI=1S/C18H19IN2O2/c1-3-21(12-14-7-5-4-6-8-14)18(23)17(22)20-16-10-9-15(19)11-13(16)2/h4-11H,3,12H2,1-2H3,(H,20,22). The second-order valence-corrected chi connectivity index (χ2v) is 6.46. The summed E-state index contributed by atoms with van der Waals surface area (Å²) in [7, 11) is 0. The van der Waals surface area contributed by atoms with Gasteiger partial charge in [-0.05, 0) is 65.8 Å². The van der Waals surface area contributed by atoms with Crippen LogP contribution >= 0.6 is 22.6 Å². The average Bonchev–Trinajstić information content (AvgIpc) is 2.55. The zero-order valence-corrected chi connectivity index (χ0v) is 15.3. The molecule has 0 radical (unpaired) electrons. The van der Waals surface area contributed by atoms with Gasteiger partial charge in [0.05, 0.1) is 0 Å². The SMILES string of the molecule is CCN(Cc1ccccc1)C(=O)C(=O)Nc1ccc(I)cc1C. The lowest BCUT2D eigenvalue weighted by Crippen LogP contribution is -2.39. The molecule has 0 saturated heterocycles. The number of nitrogens with one attached hydrogen (secondary N) is 1. The average molecular weight is 422 g/mol. The van der Waals surface area contributed by atoms with Crippen LogP contribution in [-0.2, 0) is 16.1 Å². The van der Waals surface area contributed by atoms with Crippen molar-refractivity contribution in [2.45, 2.75) is 20.4 Å². The van der Waals surface area contributed by atoms with Gasteiger partial charge in [-0.25, -0.2) is 0 Å². The van der Waals surface area contributed by atoms with Crippen molar-refractivity contribution < 1.29 is 9.59 Å². The van der Waals surface area contributed by atoms with Crippen molar-refractivity contribution in [1.82, 2.24) is 4.90 Å². The summed E-state index contributed by atoms with van der Waals surface area (Å²) in [5.41, 5.74) is 2.60. The predicted octanol–water partition coefficient (Wildman–Crippen LogP) is 3.59. The Morgan fingerprint density at radius 2 is 1.83 bits per heavy atom. The fourth-order valence-corrected chi connectivity index (χ4v) is 2.86. The van der Waals surface area contributed by atoms with E-state index in [-0.39, 0.29) is 0 Å². The number of hydrogen-bond acceptors (Lipinski definition) is 2. The summed E-state index contributed by atoms with van der Waals surface area (Å²) in [4.78, 5) is 26.1. The number of rotatable bonds is 4. The third-order valence-corrected chi connectivity index (χ3v) is 4.19. The Morgan fingerprint density at radius 1 is 1.13 bits per heavy atom. The molecule has 23 heavy (non-hydrogen) atoms. The highest BCUT2D eigenvalue weighted by Crippen LogP contribution is 2.18. The molecule has 2 aromatic rings. The third kappa shape index (κ3) is 4.79. The van der Waals surface area contributed by atoms with E-state index in [1.807, 2.05) is 62.4 Å². The summed E-state index contributed by atoms with van der Waals surface area (Å²) in [6.45, 7) is 4.68. The number of aryl methyl sites for hydroxylation is 1. The van der Waals surface area contributed by atoms with Crippen LogP contribution in [0.2, 0.25) is 0 Å². The van der Waals surface area contributed by atoms with E-state index in [0.29, 0.717) is 18.8 Å². The van der Waals surface area contributed by atoms with Crippen LogP contribution in [0, 0.1) is 10.5 Å². The quantitative estimate of drug-likeness (QED) is 0.605. The summed E-state index contributed by atoms with van der Waals surface area (Å²) in [5.74, 6) is -1.12. The maximum atomic E-state index is 12.4. The molecule has 2 rings (SSSR count). The molecule has 0 aromatic heterocycles. The Kier molecular flexibility index (Phi) is 6.15. The number of nitrogens with zero attached hydrogens (tertiary/aromatic N) is 1. The van der Waals surface area contributed by atoms with E-state index >= 15 is 0 Å². The van der Waals surface area contributed by atoms with E-state index in [4.69, 9.17) is 0 Å². The lowest BCUT2D eigenvalue weighted by atomic mass is 10.2. The molecule has 120 valence electrons. The van der Waals surface area contributed by atoms with Crippen LogP contribution in [0.5, 0.6) is 0 Å². The lowest BCUT2D eigenvalue weighted by molar-refractivity contribution is -0.143. The minimum atomic E-state index is -0.605. The van der Waals surface area contributed by atoms with Gasteiger partial charge in [-0.2, -0.15) is 0 Å². The molecule has 0 atom stereocenters. The number of anilines is 1. The first-order chi connectivity index (χ1) is 11.0. The van der Waals surface area contributed by atoms with E-state index in [1.165, 1.54) is 4.90 Å². The summed E-state index contributed by atoms with van der Waals surface area (Å²) in [6.07, 6.45) is 0. The number of carbonyl (C=O) groups excluding carboxylic acids is 2. The molecule has 0 aliphatic heterocycles. The Balaban J connectivity index is 2.06. The van der Waals surface area contributed by atoms with Crippen molar-refractivity contribution in [2.24, 2.45) is 0 Å². The van der Waals surface area contributed by atoms with Crippen LogP contribution in [0.1, 0.15) is 18.1 Å². The molecule has 1 N–H and O–H groups in total. The minimum Gasteiger partial charge on any atom is -0.330 e. The summed E-state index contributed by atoms with van der Waals surface area (Å²) in [5, 5.41) is 2.70. The topological polar surface area (TPSA) is 49.4 Å². The van der Waals surface area contributed by atoms with Gasteiger partial charge in [0, 0.05) is 22.3 Å². The number of hydrogen-bond donors (Lipinski definition) is 1. The maximum absolute atomic E-state index is 12.4.